The number of hydrogen-bond donors (Lipinski definition) is 2. The van der Waals surface area contributed by atoms with Crippen molar-refractivity contribution in [3.05, 3.63) is 71.9 Å². The molecule has 1 aromatic heterocycles. The molecule has 1 heterocycles. The van der Waals surface area contributed by atoms with Crippen molar-refractivity contribution in [3.63, 3.8) is 0 Å². The van der Waals surface area contributed by atoms with Crippen LogP contribution in [0.25, 0.3) is 16.9 Å². The second kappa shape index (κ2) is 8.23. The molecule has 5 rings (SSSR count). The van der Waals surface area contributed by atoms with E-state index in [9.17, 15) is 0 Å². The zero-order valence-corrected chi connectivity index (χ0v) is 18.2. The fourth-order valence-corrected chi connectivity index (χ4v) is 5.25. The Labute approximate surface area is 183 Å². The Kier molecular flexibility index (Phi) is 5.30. The number of hydrogen-bond acceptors (Lipinski definition) is 2. The summed E-state index contributed by atoms with van der Waals surface area (Å²) in [6, 6.07) is 19.3. The Balaban J connectivity index is 1.34. The molecule has 2 aromatic carbocycles. The molecule has 0 spiro atoms. The van der Waals surface area contributed by atoms with Crippen LogP contribution in [0, 0.1) is 18.8 Å². The third kappa shape index (κ3) is 3.99. The molecule has 5 heteroatoms. The standard InChI is InChI=1S/C25H28N4S/c1-17-7-10-19(11-8-17)24-21(16-29(28-24)22-5-3-2-4-6-22)15-26-25(30)27-23-14-18-9-12-20(23)13-18/h2-8,10-11,16,18,20,23H,9,12-15H2,1H3,(H2,26,27,30). The number of aromatic nitrogens is 2. The highest BCUT2D eigenvalue weighted by molar-refractivity contribution is 7.80. The van der Waals surface area contributed by atoms with Crippen molar-refractivity contribution in [1.29, 1.82) is 0 Å². The van der Waals surface area contributed by atoms with Crippen LogP contribution in [-0.2, 0) is 6.54 Å². The van der Waals surface area contributed by atoms with Crippen LogP contribution in [0.2, 0.25) is 0 Å². The van der Waals surface area contributed by atoms with E-state index in [0.717, 1.165) is 39.5 Å². The maximum atomic E-state index is 5.63. The summed E-state index contributed by atoms with van der Waals surface area (Å²) >= 11 is 5.63. The van der Waals surface area contributed by atoms with Crippen LogP contribution in [0.4, 0.5) is 0 Å². The number of rotatable bonds is 5. The van der Waals surface area contributed by atoms with Crippen molar-refractivity contribution < 1.29 is 0 Å². The molecule has 0 radical (unpaired) electrons. The van der Waals surface area contributed by atoms with E-state index in [2.05, 4.69) is 60.2 Å². The Hall–Kier alpha value is -2.66. The largest absolute Gasteiger partial charge is 0.360 e. The van der Waals surface area contributed by atoms with Gasteiger partial charge in [-0.3, -0.25) is 0 Å². The van der Waals surface area contributed by atoms with E-state index >= 15 is 0 Å². The molecule has 4 nitrogen and oxygen atoms in total. The van der Waals surface area contributed by atoms with Crippen molar-refractivity contribution >= 4 is 17.3 Å². The van der Waals surface area contributed by atoms with Gasteiger partial charge >= 0.3 is 0 Å². The van der Waals surface area contributed by atoms with E-state index in [1.807, 2.05) is 22.9 Å². The Bertz CT molecular complexity index is 1030. The van der Waals surface area contributed by atoms with E-state index in [0.29, 0.717) is 12.6 Å². The lowest BCUT2D eigenvalue weighted by Crippen LogP contribution is -2.43. The summed E-state index contributed by atoms with van der Waals surface area (Å²) in [4.78, 5) is 0. The molecule has 3 aromatic rings. The first-order chi connectivity index (χ1) is 14.7. The quantitative estimate of drug-likeness (QED) is 0.575. The molecule has 2 aliphatic rings. The molecule has 2 fully saturated rings. The molecule has 0 aliphatic heterocycles. The molecule has 30 heavy (non-hydrogen) atoms. The fraction of sp³-hybridized carbons (Fsp3) is 0.360. The summed E-state index contributed by atoms with van der Waals surface area (Å²) in [5.74, 6) is 1.71. The highest BCUT2D eigenvalue weighted by Gasteiger charge is 2.39. The van der Waals surface area contributed by atoms with Gasteiger partial charge in [0, 0.05) is 29.9 Å². The topological polar surface area (TPSA) is 41.9 Å². The van der Waals surface area contributed by atoms with Gasteiger partial charge in [-0.1, -0.05) is 54.4 Å². The first kappa shape index (κ1) is 19.3. The van der Waals surface area contributed by atoms with Gasteiger partial charge < -0.3 is 10.6 Å². The van der Waals surface area contributed by atoms with Gasteiger partial charge in [0.05, 0.1) is 11.4 Å². The first-order valence-corrected chi connectivity index (χ1v) is 11.3. The molecule has 0 saturated heterocycles. The monoisotopic (exact) mass is 416 g/mol. The van der Waals surface area contributed by atoms with Gasteiger partial charge in [0.15, 0.2) is 5.11 Å². The average Bonchev–Trinajstić information content (AvgIpc) is 3.49. The van der Waals surface area contributed by atoms with Gasteiger partial charge in [0.25, 0.3) is 0 Å². The van der Waals surface area contributed by atoms with Crippen LogP contribution in [0.1, 0.15) is 36.8 Å². The summed E-state index contributed by atoms with van der Waals surface area (Å²) in [6.45, 7) is 2.76. The number of para-hydroxylation sites is 1. The van der Waals surface area contributed by atoms with E-state index in [-0.39, 0.29) is 0 Å². The van der Waals surface area contributed by atoms with Crippen molar-refractivity contribution in [2.45, 2.75) is 45.2 Å². The second-order valence-electron chi connectivity index (χ2n) is 8.76. The highest BCUT2D eigenvalue weighted by Crippen LogP contribution is 2.44. The Morgan fingerprint density at radius 1 is 1.07 bits per heavy atom. The predicted octanol–water partition coefficient (Wildman–Crippen LogP) is 5.00. The summed E-state index contributed by atoms with van der Waals surface area (Å²) in [7, 11) is 0. The summed E-state index contributed by atoms with van der Waals surface area (Å²) in [5, 5.41) is 12.7. The van der Waals surface area contributed by atoms with Crippen molar-refractivity contribution in [2.24, 2.45) is 11.8 Å². The Morgan fingerprint density at radius 3 is 2.57 bits per heavy atom. The number of benzene rings is 2. The number of nitrogens with one attached hydrogen (secondary N) is 2. The van der Waals surface area contributed by atoms with Gasteiger partial charge in [-0.2, -0.15) is 5.10 Å². The number of nitrogens with zero attached hydrogens (tertiary/aromatic N) is 2. The second-order valence-corrected chi connectivity index (χ2v) is 9.17. The molecular weight excluding hydrogens is 388 g/mol. The minimum atomic E-state index is 0.548. The normalized spacial score (nSPS) is 22.2. The van der Waals surface area contributed by atoms with Crippen LogP contribution >= 0.6 is 12.2 Å². The third-order valence-corrected chi connectivity index (χ3v) is 6.89. The van der Waals surface area contributed by atoms with Crippen molar-refractivity contribution in [3.8, 4) is 16.9 Å². The molecule has 0 amide bonds. The summed E-state index contributed by atoms with van der Waals surface area (Å²) in [5.41, 5.74) is 5.56. The minimum Gasteiger partial charge on any atom is -0.360 e. The van der Waals surface area contributed by atoms with Crippen LogP contribution in [0.5, 0.6) is 0 Å². The average molecular weight is 417 g/mol. The van der Waals surface area contributed by atoms with E-state index in [4.69, 9.17) is 17.3 Å². The van der Waals surface area contributed by atoms with E-state index < -0.39 is 0 Å². The van der Waals surface area contributed by atoms with Crippen LogP contribution in [0.3, 0.4) is 0 Å². The van der Waals surface area contributed by atoms with Gasteiger partial charge in [-0.05, 0) is 62.4 Å². The first-order valence-electron chi connectivity index (χ1n) is 10.9. The van der Waals surface area contributed by atoms with Crippen molar-refractivity contribution in [1.82, 2.24) is 20.4 Å². The van der Waals surface area contributed by atoms with Gasteiger partial charge in [-0.15, -0.1) is 0 Å². The molecule has 2 saturated carbocycles. The third-order valence-electron chi connectivity index (χ3n) is 6.63. The maximum Gasteiger partial charge on any atom is 0.166 e. The Morgan fingerprint density at radius 2 is 1.87 bits per heavy atom. The highest BCUT2D eigenvalue weighted by atomic mass is 32.1. The number of fused-ring (bicyclic) bond motifs is 2. The smallest absolute Gasteiger partial charge is 0.166 e. The lowest BCUT2D eigenvalue weighted by Gasteiger charge is -2.24. The molecular formula is C25H28N4S. The molecule has 3 atom stereocenters. The fourth-order valence-electron chi connectivity index (χ4n) is 5.02. The SMILES string of the molecule is Cc1ccc(-c2nn(-c3ccccc3)cc2CNC(=S)NC2CC3CCC2C3)cc1. The van der Waals surface area contributed by atoms with Crippen LogP contribution in [0.15, 0.2) is 60.8 Å². The molecule has 2 aliphatic carbocycles. The number of aryl methyl sites for hydroxylation is 1. The van der Waals surface area contributed by atoms with E-state index in [1.165, 1.54) is 31.2 Å². The molecule has 154 valence electrons. The van der Waals surface area contributed by atoms with Gasteiger partial charge in [0.1, 0.15) is 0 Å². The van der Waals surface area contributed by atoms with Crippen LogP contribution in [-0.4, -0.2) is 20.9 Å². The molecule has 2 N–H and O–H groups in total. The lowest BCUT2D eigenvalue weighted by molar-refractivity contribution is 0.389. The molecule has 3 unspecified atom stereocenters. The predicted molar refractivity (Wildman–Crippen MR) is 126 cm³/mol. The lowest BCUT2D eigenvalue weighted by atomic mass is 9.96. The summed E-state index contributed by atoms with van der Waals surface area (Å²) in [6.07, 6.45) is 7.51. The zero-order valence-electron chi connectivity index (χ0n) is 17.3. The molecule has 2 bridgehead atoms. The maximum absolute atomic E-state index is 5.63. The van der Waals surface area contributed by atoms with Gasteiger partial charge in [-0.25, -0.2) is 4.68 Å². The minimum absolute atomic E-state index is 0.548. The van der Waals surface area contributed by atoms with Crippen molar-refractivity contribution in [2.75, 3.05) is 0 Å². The summed E-state index contributed by atoms with van der Waals surface area (Å²) < 4.78 is 1.96. The van der Waals surface area contributed by atoms with E-state index in [1.54, 1.807) is 0 Å². The zero-order chi connectivity index (χ0) is 20.5. The number of thiocarbonyl (C=S) groups is 1. The van der Waals surface area contributed by atoms with Crippen LogP contribution < -0.4 is 10.6 Å². The van der Waals surface area contributed by atoms with Gasteiger partial charge in [0.2, 0.25) is 0 Å².